The van der Waals surface area contributed by atoms with Crippen molar-refractivity contribution in [1.29, 1.82) is 0 Å². The van der Waals surface area contributed by atoms with Crippen molar-refractivity contribution in [3.63, 3.8) is 0 Å². The zero-order valence-corrected chi connectivity index (χ0v) is 13.4. The lowest BCUT2D eigenvalue weighted by Gasteiger charge is -2.35. The smallest absolute Gasteiger partial charge is 0.406 e. The van der Waals surface area contributed by atoms with Crippen molar-refractivity contribution in [3.8, 4) is 5.75 Å². The minimum atomic E-state index is -4.76. The number of aliphatic hydroxyl groups is 1. The lowest BCUT2D eigenvalue weighted by atomic mass is 9.90. The van der Waals surface area contributed by atoms with E-state index in [9.17, 15) is 23.1 Å². The number of amides is 1. The van der Waals surface area contributed by atoms with E-state index in [1.807, 2.05) is 11.9 Å². The maximum atomic E-state index is 12.4. The van der Waals surface area contributed by atoms with Gasteiger partial charge in [0.2, 0.25) is 0 Å². The van der Waals surface area contributed by atoms with Gasteiger partial charge in [0.05, 0.1) is 0 Å². The first kappa shape index (κ1) is 18.5. The Hall–Kier alpha value is -1.80. The summed E-state index contributed by atoms with van der Waals surface area (Å²) in [6, 6.07) is 5.79. The van der Waals surface area contributed by atoms with E-state index in [4.69, 9.17) is 0 Å². The molecule has 2 rings (SSSR count). The molecule has 1 amide bonds. The number of nitrogens with one attached hydrogen (secondary N) is 1. The van der Waals surface area contributed by atoms with Gasteiger partial charge >= 0.3 is 6.36 Å². The van der Waals surface area contributed by atoms with E-state index in [2.05, 4.69) is 10.1 Å². The van der Waals surface area contributed by atoms with Crippen LogP contribution in [0.3, 0.4) is 0 Å². The first-order chi connectivity index (χ1) is 11.2. The second-order valence-electron chi connectivity index (χ2n) is 6.00. The van der Waals surface area contributed by atoms with Crippen LogP contribution in [0, 0.1) is 0 Å². The predicted molar refractivity (Wildman–Crippen MR) is 81.5 cm³/mol. The third-order valence-corrected chi connectivity index (χ3v) is 4.12. The largest absolute Gasteiger partial charge is 0.573 e. The van der Waals surface area contributed by atoms with Gasteiger partial charge in [0.25, 0.3) is 5.91 Å². The zero-order chi connectivity index (χ0) is 17.8. The summed E-state index contributed by atoms with van der Waals surface area (Å²) in [6.45, 7) is 1.35. The van der Waals surface area contributed by atoms with Gasteiger partial charge in [-0.3, -0.25) is 4.79 Å². The molecule has 2 N–H and O–H groups in total. The molecule has 1 fully saturated rings. The highest BCUT2D eigenvalue weighted by Crippen LogP contribution is 2.26. The van der Waals surface area contributed by atoms with Crippen LogP contribution >= 0.6 is 0 Å². The maximum absolute atomic E-state index is 12.4. The van der Waals surface area contributed by atoms with Gasteiger partial charge in [0, 0.05) is 19.6 Å². The summed E-state index contributed by atoms with van der Waals surface area (Å²) in [7, 11) is 1.91. The Bertz CT molecular complexity index is 570. The molecule has 0 unspecified atom stereocenters. The molecule has 0 aliphatic carbocycles. The number of rotatable bonds is 5. The van der Waals surface area contributed by atoms with Crippen LogP contribution in [0.2, 0.25) is 0 Å². The molecule has 0 radical (unpaired) electrons. The molecule has 0 spiro atoms. The van der Waals surface area contributed by atoms with Gasteiger partial charge < -0.3 is 20.1 Å². The Morgan fingerprint density at radius 1 is 1.33 bits per heavy atom. The predicted octanol–water partition coefficient (Wildman–Crippen LogP) is 1.70. The normalized spacial score (nSPS) is 18.2. The van der Waals surface area contributed by atoms with Crippen molar-refractivity contribution in [2.45, 2.75) is 31.2 Å². The van der Waals surface area contributed by atoms with Crippen LogP contribution in [0.5, 0.6) is 5.75 Å². The van der Waals surface area contributed by atoms with Crippen LogP contribution in [0.1, 0.15) is 18.4 Å². The first-order valence-corrected chi connectivity index (χ1v) is 7.72. The maximum Gasteiger partial charge on any atom is 0.573 e. The molecule has 1 heterocycles. The van der Waals surface area contributed by atoms with Crippen LogP contribution < -0.4 is 10.1 Å². The molecule has 0 saturated carbocycles. The summed E-state index contributed by atoms with van der Waals surface area (Å²) >= 11 is 0. The standard InChI is InChI=1S/C16H21F3N2O3/c1-21-10-7-15(23,8-11-21)14(22)20-9-6-12-4-2-3-5-13(12)24-16(17,18)19/h2-5,23H,6-11H2,1H3,(H,20,22). The third-order valence-electron chi connectivity index (χ3n) is 4.12. The number of hydrogen-bond donors (Lipinski definition) is 2. The van der Waals surface area contributed by atoms with Crippen molar-refractivity contribution >= 4 is 5.91 Å². The van der Waals surface area contributed by atoms with Crippen LogP contribution in [0.4, 0.5) is 13.2 Å². The zero-order valence-electron chi connectivity index (χ0n) is 13.4. The van der Waals surface area contributed by atoms with E-state index in [1.165, 1.54) is 18.2 Å². The number of para-hydroxylation sites is 1. The summed E-state index contributed by atoms with van der Waals surface area (Å²) in [5, 5.41) is 13.0. The minimum Gasteiger partial charge on any atom is -0.406 e. The topological polar surface area (TPSA) is 61.8 Å². The monoisotopic (exact) mass is 346 g/mol. The fourth-order valence-electron chi connectivity index (χ4n) is 2.63. The molecule has 0 atom stereocenters. The number of carbonyl (C=O) groups excluding carboxylic acids is 1. The number of nitrogens with zero attached hydrogens (tertiary/aromatic N) is 1. The van der Waals surface area contributed by atoms with Crippen molar-refractivity contribution in [1.82, 2.24) is 10.2 Å². The number of alkyl halides is 3. The van der Waals surface area contributed by atoms with Crippen molar-refractivity contribution in [2.24, 2.45) is 0 Å². The Labute approximate surface area is 138 Å². The average molecular weight is 346 g/mol. The highest BCUT2D eigenvalue weighted by molar-refractivity contribution is 5.85. The van der Waals surface area contributed by atoms with Gasteiger partial charge in [-0.1, -0.05) is 18.2 Å². The lowest BCUT2D eigenvalue weighted by Crippen LogP contribution is -2.53. The van der Waals surface area contributed by atoms with E-state index >= 15 is 0 Å². The van der Waals surface area contributed by atoms with Gasteiger partial charge in [-0.15, -0.1) is 13.2 Å². The number of ether oxygens (including phenoxy) is 1. The lowest BCUT2D eigenvalue weighted by molar-refractivity contribution is -0.274. The highest BCUT2D eigenvalue weighted by Gasteiger charge is 2.38. The molecule has 1 aromatic rings. The number of halogens is 3. The molecule has 1 aliphatic heterocycles. The number of hydrogen-bond acceptors (Lipinski definition) is 4. The van der Waals surface area contributed by atoms with E-state index in [-0.39, 0.29) is 18.7 Å². The number of benzene rings is 1. The number of carbonyl (C=O) groups is 1. The number of piperidine rings is 1. The molecule has 1 saturated heterocycles. The van der Waals surface area contributed by atoms with E-state index in [1.54, 1.807) is 6.07 Å². The second kappa shape index (κ2) is 7.40. The van der Waals surface area contributed by atoms with Gasteiger partial charge in [-0.25, -0.2) is 0 Å². The van der Waals surface area contributed by atoms with Crippen molar-refractivity contribution in [2.75, 3.05) is 26.7 Å². The first-order valence-electron chi connectivity index (χ1n) is 7.72. The molecule has 24 heavy (non-hydrogen) atoms. The van der Waals surface area contributed by atoms with Gasteiger partial charge in [0.15, 0.2) is 0 Å². The second-order valence-corrected chi connectivity index (χ2v) is 6.00. The molecule has 134 valence electrons. The fraction of sp³-hybridized carbons (Fsp3) is 0.562. The van der Waals surface area contributed by atoms with Gasteiger partial charge in [-0.05, 0) is 37.9 Å². The summed E-state index contributed by atoms with van der Waals surface area (Å²) in [4.78, 5) is 14.2. The molecule has 5 nitrogen and oxygen atoms in total. The van der Waals surface area contributed by atoms with Crippen LogP contribution in [0.15, 0.2) is 24.3 Å². The molecule has 1 aliphatic rings. The molecular formula is C16H21F3N2O3. The summed E-state index contributed by atoms with van der Waals surface area (Å²) in [6.07, 6.45) is -3.91. The minimum absolute atomic E-state index is 0.120. The van der Waals surface area contributed by atoms with Gasteiger partial charge in [0.1, 0.15) is 11.4 Å². The van der Waals surface area contributed by atoms with E-state index in [0.29, 0.717) is 31.5 Å². The Balaban J connectivity index is 1.89. The quantitative estimate of drug-likeness (QED) is 0.852. The molecule has 8 heteroatoms. The Morgan fingerprint density at radius 2 is 1.96 bits per heavy atom. The van der Waals surface area contributed by atoms with E-state index in [0.717, 1.165) is 0 Å². The van der Waals surface area contributed by atoms with Gasteiger partial charge in [-0.2, -0.15) is 0 Å². The average Bonchev–Trinajstić information content (AvgIpc) is 2.50. The van der Waals surface area contributed by atoms with E-state index < -0.39 is 17.9 Å². The summed E-state index contributed by atoms with van der Waals surface area (Å²) in [5.74, 6) is -0.762. The molecular weight excluding hydrogens is 325 g/mol. The molecule has 0 bridgehead atoms. The van der Waals surface area contributed by atoms with Crippen LogP contribution in [-0.2, 0) is 11.2 Å². The molecule has 0 aromatic heterocycles. The highest BCUT2D eigenvalue weighted by atomic mass is 19.4. The van der Waals surface area contributed by atoms with Crippen LogP contribution in [0.25, 0.3) is 0 Å². The number of likely N-dealkylation sites (tertiary alicyclic amines) is 1. The summed E-state index contributed by atoms with van der Waals surface area (Å²) < 4.78 is 41.1. The Morgan fingerprint density at radius 3 is 2.58 bits per heavy atom. The Kier molecular flexibility index (Phi) is 5.71. The SMILES string of the molecule is CN1CCC(O)(C(=O)NCCc2ccccc2OC(F)(F)F)CC1. The molecule has 1 aromatic carbocycles. The van der Waals surface area contributed by atoms with Crippen molar-refractivity contribution < 1.29 is 27.8 Å². The summed E-state index contributed by atoms with van der Waals surface area (Å²) in [5.41, 5.74) is -1.07. The van der Waals surface area contributed by atoms with Crippen LogP contribution in [-0.4, -0.2) is 54.6 Å². The third kappa shape index (κ3) is 5.10. The van der Waals surface area contributed by atoms with Crippen molar-refractivity contribution in [3.05, 3.63) is 29.8 Å². The fourth-order valence-corrected chi connectivity index (χ4v) is 2.63.